The molecule has 2 N–H and O–H groups in total. The minimum atomic E-state index is -4.02. The molecular formula is C31H33N3O9S2. The summed E-state index contributed by atoms with van der Waals surface area (Å²) in [6.45, 7) is 5.40. The van der Waals surface area contributed by atoms with Gasteiger partial charge in [-0.3, -0.25) is 28.4 Å². The first kappa shape index (κ1) is 32.3. The van der Waals surface area contributed by atoms with Crippen LogP contribution in [0.4, 0.5) is 5.69 Å². The highest BCUT2D eigenvalue weighted by atomic mass is 32.2. The monoisotopic (exact) mass is 655 g/mol. The third-order valence-corrected chi connectivity index (χ3v) is 10.1. The zero-order valence-electron chi connectivity index (χ0n) is 24.7. The molecule has 2 fully saturated rings. The number of nitrogens with zero attached hydrogens (tertiary/aromatic N) is 2. The number of aryl methyl sites for hydroxylation is 2. The molecular weight excluding hydrogens is 622 g/mol. The van der Waals surface area contributed by atoms with Crippen molar-refractivity contribution >= 4 is 43.6 Å². The lowest BCUT2D eigenvalue weighted by molar-refractivity contribution is -0.136. The average Bonchev–Trinajstić information content (AvgIpc) is 3.28. The fourth-order valence-electron chi connectivity index (χ4n) is 5.29. The molecule has 0 radical (unpaired) electrons. The molecule has 0 aliphatic carbocycles. The Morgan fingerprint density at radius 3 is 2.04 bits per heavy atom. The van der Waals surface area contributed by atoms with Crippen molar-refractivity contribution in [3.63, 3.8) is 0 Å². The number of carbonyl (C=O) groups excluding carboxylic acids is 3. The van der Waals surface area contributed by atoms with Crippen molar-refractivity contribution in [1.29, 1.82) is 0 Å². The molecule has 0 saturated carbocycles. The van der Waals surface area contributed by atoms with Crippen molar-refractivity contribution in [2.75, 3.05) is 24.6 Å². The predicted molar refractivity (Wildman–Crippen MR) is 164 cm³/mol. The number of hydrogen-bond donors (Lipinski definition) is 2. The quantitative estimate of drug-likeness (QED) is 0.219. The molecule has 3 aliphatic heterocycles. The maximum atomic E-state index is 13.0. The van der Waals surface area contributed by atoms with Gasteiger partial charge in [-0.1, -0.05) is 41.5 Å². The van der Waals surface area contributed by atoms with Crippen molar-refractivity contribution in [2.24, 2.45) is 5.92 Å². The van der Waals surface area contributed by atoms with Gasteiger partial charge in [0.05, 0.1) is 16.4 Å². The van der Waals surface area contributed by atoms with E-state index in [4.69, 9.17) is 8.74 Å². The van der Waals surface area contributed by atoms with Crippen LogP contribution in [0.5, 0.6) is 0 Å². The fourth-order valence-corrected chi connectivity index (χ4v) is 6.75. The summed E-state index contributed by atoms with van der Waals surface area (Å²) < 4.78 is 59.6. The first-order valence-electron chi connectivity index (χ1n) is 14.2. The zero-order valence-corrected chi connectivity index (χ0v) is 26.3. The van der Waals surface area contributed by atoms with E-state index in [9.17, 15) is 31.2 Å². The molecule has 3 heterocycles. The van der Waals surface area contributed by atoms with E-state index in [1.54, 1.807) is 24.3 Å². The lowest BCUT2D eigenvalue weighted by atomic mass is 9.99. The third kappa shape index (κ3) is 7.41. The summed E-state index contributed by atoms with van der Waals surface area (Å²) in [7, 11) is -7.81. The fraction of sp³-hybridized carbons (Fsp3) is 0.323. The van der Waals surface area contributed by atoms with Gasteiger partial charge in [-0.25, -0.2) is 0 Å². The molecule has 3 aromatic carbocycles. The van der Waals surface area contributed by atoms with Gasteiger partial charge in [0.25, 0.3) is 26.1 Å². The largest absolute Gasteiger partial charge is 0.371 e. The molecule has 45 heavy (non-hydrogen) atoms. The maximum absolute atomic E-state index is 13.0. The lowest BCUT2D eigenvalue weighted by Gasteiger charge is -2.40. The molecule has 238 valence electrons. The van der Waals surface area contributed by atoms with Crippen LogP contribution in [0.3, 0.4) is 0 Å². The van der Waals surface area contributed by atoms with E-state index in [1.807, 2.05) is 32.0 Å². The van der Waals surface area contributed by atoms with Gasteiger partial charge in [0.1, 0.15) is 6.04 Å². The summed E-state index contributed by atoms with van der Waals surface area (Å²) in [5, 5.41) is 2.31. The van der Waals surface area contributed by atoms with Crippen molar-refractivity contribution in [2.45, 2.75) is 49.1 Å². The Morgan fingerprint density at radius 1 is 0.867 bits per heavy atom. The highest BCUT2D eigenvalue weighted by molar-refractivity contribution is 7.86. The van der Waals surface area contributed by atoms with E-state index in [2.05, 4.69) is 10.2 Å². The summed E-state index contributed by atoms with van der Waals surface area (Å²) >= 11 is 0. The van der Waals surface area contributed by atoms with Crippen LogP contribution in [0.15, 0.2) is 76.5 Å². The average molecular weight is 656 g/mol. The second kappa shape index (κ2) is 12.7. The predicted octanol–water partition coefficient (Wildman–Crippen LogP) is 2.84. The highest BCUT2D eigenvalue weighted by Gasteiger charge is 2.39. The van der Waals surface area contributed by atoms with E-state index < -0.39 is 32.2 Å². The molecule has 3 amide bonds. The van der Waals surface area contributed by atoms with Crippen LogP contribution in [0.1, 0.15) is 39.9 Å². The zero-order chi connectivity index (χ0) is 32.5. The lowest BCUT2D eigenvalue weighted by Crippen LogP contribution is -2.52. The number of piperidine rings is 1. The Labute approximate surface area is 261 Å². The summed E-state index contributed by atoms with van der Waals surface area (Å²) in [6, 6.07) is 17.5. The van der Waals surface area contributed by atoms with Crippen LogP contribution in [-0.4, -0.2) is 69.7 Å². The summed E-state index contributed by atoms with van der Waals surface area (Å²) in [5.41, 5.74) is 4.21. The Hall–Kier alpha value is -4.11. The molecule has 0 spiro atoms. The van der Waals surface area contributed by atoms with Crippen LogP contribution >= 0.6 is 0 Å². The molecule has 2 saturated heterocycles. The minimum absolute atomic E-state index is 0.0594. The number of benzene rings is 3. The molecule has 0 aromatic heterocycles. The van der Waals surface area contributed by atoms with Crippen LogP contribution in [-0.2, 0) is 40.6 Å². The van der Waals surface area contributed by atoms with Gasteiger partial charge < -0.3 is 9.80 Å². The van der Waals surface area contributed by atoms with Crippen molar-refractivity contribution in [1.82, 2.24) is 10.2 Å². The number of fused-ring (bicyclic) bond motifs is 1. The van der Waals surface area contributed by atoms with Gasteiger partial charge in [-0.05, 0) is 62.2 Å². The number of anilines is 1. The van der Waals surface area contributed by atoms with Gasteiger partial charge in [0.2, 0.25) is 11.8 Å². The number of rotatable bonds is 7. The Bertz CT molecular complexity index is 1840. The Morgan fingerprint density at radius 2 is 1.47 bits per heavy atom. The van der Waals surface area contributed by atoms with E-state index in [0.29, 0.717) is 31.6 Å². The topological polar surface area (TPSA) is 167 Å². The number of nitrogens with one attached hydrogen (secondary N) is 1. The number of amides is 3. The van der Waals surface area contributed by atoms with Crippen molar-refractivity contribution in [3.05, 3.63) is 89.0 Å². The number of imide groups is 1. The van der Waals surface area contributed by atoms with Crippen molar-refractivity contribution < 1.29 is 40.0 Å². The normalized spacial score (nSPS) is 18.6. The summed E-state index contributed by atoms with van der Waals surface area (Å²) in [5.74, 6) is -0.889. The summed E-state index contributed by atoms with van der Waals surface area (Å²) in [4.78, 5) is 40.3. The SMILES string of the molecule is Cc1ccc(S(=O)(=O)O)cc1.Cc1ccc(S(=O)(=O)OCC2CN(c3ccc4c(c3)C(=O)N(C3CCC(=O)NC3=O)C4)C2)cc1. The van der Waals surface area contributed by atoms with E-state index >= 15 is 0 Å². The smallest absolute Gasteiger partial charge is 0.296 e. The molecule has 0 bridgehead atoms. The Balaban J connectivity index is 0.000000309. The first-order chi connectivity index (χ1) is 21.2. The Kier molecular flexibility index (Phi) is 9.12. The number of hydrogen-bond acceptors (Lipinski definition) is 9. The maximum Gasteiger partial charge on any atom is 0.296 e. The van der Waals surface area contributed by atoms with Gasteiger partial charge in [-0.15, -0.1) is 0 Å². The van der Waals surface area contributed by atoms with Gasteiger partial charge in [0.15, 0.2) is 0 Å². The number of carbonyl (C=O) groups is 3. The molecule has 14 heteroatoms. The van der Waals surface area contributed by atoms with E-state index in [1.165, 1.54) is 29.2 Å². The molecule has 3 aliphatic rings. The van der Waals surface area contributed by atoms with E-state index in [0.717, 1.165) is 22.4 Å². The standard InChI is InChI=1S/C24H25N3O6S.C7H8O3S/c1-15-2-6-19(7-3-15)34(31,32)33-14-16-11-26(12-16)18-5-4-17-13-27(24(30)20(17)10-18)21-8-9-22(28)25-23(21)29;1-6-2-4-7(5-3-6)11(8,9)10/h2-7,10,16,21H,8-9,11-14H2,1H3,(H,25,28,29);2-5H,1H3,(H,8,9,10). The van der Waals surface area contributed by atoms with Gasteiger partial charge >= 0.3 is 0 Å². The molecule has 12 nitrogen and oxygen atoms in total. The van der Waals surface area contributed by atoms with E-state index in [-0.39, 0.29) is 40.6 Å². The van der Waals surface area contributed by atoms with Gasteiger partial charge in [0, 0.05) is 43.2 Å². The summed E-state index contributed by atoms with van der Waals surface area (Å²) in [6.07, 6.45) is 0.551. The second-order valence-electron chi connectivity index (χ2n) is 11.4. The molecule has 3 aromatic rings. The third-order valence-electron chi connectivity index (χ3n) is 7.92. The van der Waals surface area contributed by atoms with Crippen LogP contribution < -0.4 is 10.2 Å². The highest BCUT2D eigenvalue weighted by Crippen LogP contribution is 2.33. The second-order valence-corrected chi connectivity index (χ2v) is 14.4. The molecule has 1 atom stereocenters. The van der Waals surface area contributed by atoms with Crippen LogP contribution in [0.25, 0.3) is 0 Å². The van der Waals surface area contributed by atoms with Crippen LogP contribution in [0.2, 0.25) is 0 Å². The van der Waals surface area contributed by atoms with Crippen molar-refractivity contribution in [3.8, 4) is 0 Å². The molecule has 1 unspecified atom stereocenters. The molecule has 6 rings (SSSR count). The van der Waals surface area contributed by atoms with Crippen LogP contribution in [0, 0.1) is 19.8 Å². The first-order valence-corrected chi connectivity index (χ1v) is 17.1. The van der Waals surface area contributed by atoms with Gasteiger partial charge in [-0.2, -0.15) is 16.8 Å². The minimum Gasteiger partial charge on any atom is -0.371 e.